The number of nitrogens with zero attached hydrogens (tertiary/aromatic N) is 1. The first-order chi connectivity index (χ1) is 12.4. The van der Waals surface area contributed by atoms with Gasteiger partial charge in [-0.2, -0.15) is 0 Å². The Morgan fingerprint density at radius 1 is 1.04 bits per heavy atom. The largest absolute Gasteiger partial charge is 0.340 e. The van der Waals surface area contributed by atoms with Gasteiger partial charge in [-0.05, 0) is 29.7 Å². The van der Waals surface area contributed by atoms with Crippen LogP contribution < -0.4 is 10.6 Å². The Balaban J connectivity index is 2.02. The standard InChI is InChI=1S/C20H24BrN3O2/c1-14(2)18(23-20(26)22-16-10-5-4-6-11-16)19(25)24(3)13-15-9-7-8-12-17(15)21/h4-12,14,18H,13H2,1-3H3,(H2,22,23,26). The molecule has 0 bridgehead atoms. The van der Waals surface area contributed by atoms with Crippen molar-refractivity contribution >= 4 is 33.6 Å². The fraction of sp³-hybridized carbons (Fsp3) is 0.300. The molecule has 3 amide bonds. The summed E-state index contributed by atoms with van der Waals surface area (Å²) < 4.78 is 0.954. The topological polar surface area (TPSA) is 61.4 Å². The molecule has 0 spiro atoms. The first-order valence-corrected chi connectivity index (χ1v) is 9.28. The lowest BCUT2D eigenvalue weighted by atomic mass is 10.0. The molecule has 2 aromatic rings. The maximum absolute atomic E-state index is 12.9. The molecule has 0 aliphatic rings. The lowest BCUT2D eigenvalue weighted by Crippen LogP contribution is -2.51. The number of benzene rings is 2. The zero-order valence-corrected chi connectivity index (χ0v) is 16.8. The van der Waals surface area contributed by atoms with Crippen molar-refractivity contribution in [1.82, 2.24) is 10.2 Å². The quantitative estimate of drug-likeness (QED) is 0.737. The molecule has 2 rings (SSSR count). The van der Waals surface area contributed by atoms with Crippen molar-refractivity contribution in [3.63, 3.8) is 0 Å². The van der Waals surface area contributed by atoms with Crippen LogP contribution in [0.4, 0.5) is 10.5 Å². The minimum absolute atomic E-state index is 0.0364. The summed E-state index contributed by atoms with van der Waals surface area (Å²) in [5, 5.41) is 5.54. The highest BCUT2D eigenvalue weighted by Crippen LogP contribution is 2.18. The molecule has 2 aromatic carbocycles. The van der Waals surface area contributed by atoms with Crippen LogP contribution in [0, 0.1) is 5.92 Å². The smallest absolute Gasteiger partial charge is 0.319 e. The molecule has 0 fully saturated rings. The number of carbonyl (C=O) groups is 2. The van der Waals surface area contributed by atoms with Gasteiger partial charge in [-0.25, -0.2) is 4.79 Å². The van der Waals surface area contributed by atoms with E-state index in [0.717, 1.165) is 10.0 Å². The molecule has 0 saturated carbocycles. The summed E-state index contributed by atoms with van der Waals surface area (Å²) in [6, 6.07) is 15.9. The van der Waals surface area contributed by atoms with Gasteiger partial charge in [0, 0.05) is 23.8 Å². The minimum Gasteiger partial charge on any atom is -0.340 e. The van der Waals surface area contributed by atoms with E-state index in [1.807, 2.05) is 56.3 Å². The van der Waals surface area contributed by atoms with Gasteiger partial charge in [0.05, 0.1) is 0 Å². The first-order valence-electron chi connectivity index (χ1n) is 8.49. The normalized spacial score (nSPS) is 11.7. The summed E-state index contributed by atoms with van der Waals surface area (Å²) >= 11 is 3.50. The molecule has 26 heavy (non-hydrogen) atoms. The third-order valence-electron chi connectivity index (χ3n) is 3.99. The van der Waals surface area contributed by atoms with Gasteiger partial charge in [-0.3, -0.25) is 4.79 Å². The predicted molar refractivity (Wildman–Crippen MR) is 108 cm³/mol. The molecule has 0 heterocycles. The van der Waals surface area contributed by atoms with E-state index in [4.69, 9.17) is 0 Å². The third kappa shape index (κ3) is 5.59. The van der Waals surface area contributed by atoms with E-state index in [0.29, 0.717) is 12.2 Å². The number of likely N-dealkylation sites (N-methyl/N-ethyl adjacent to an activating group) is 1. The number of amides is 3. The molecule has 0 aliphatic heterocycles. The van der Waals surface area contributed by atoms with Gasteiger partial charge in [0.1, 0.15) is 6.04 Å². The van der Waals surface area contributed by atoms with E-state index >= 15 is 0 Å². The second-order valence-corrected chi connectivity index (χ2v) is 7.33. The van der Waals surface area contributed by atoms with E-state index < -0.39 is 12.1 Å². The van der Waals surface area contributed by atoms with E-state index in [2.05, 4.69) is 26.6 Å². The Hall–Kier alpha value is -2.34. The van der Waals surface area contributed by atoms with Crippen LogP contribution in [0.2, 0.25) is 0 Å². The molecular formula is C20H24BrN3O2. The van der Waals surface area contributed by atoms with Crippen molar-refractivity contribution < 1.29 is 9.59 Å². The number of anilines is 1. The molecular weight excluding hydrogens is 394 g/mol. The van der Waals surface area contributed by atoms with Gasteiger partial charge < -0.3 is 15.5 Å². The number of nitrogens with one attached hydrogen (secondary N) is 2. The van der Waals surface area contributed by atoms with E-state index in [1.54, 1.807) is 24.1 Å². The monoisotopic (exact) mass is 417 g/mol. The van der Waals surface area contributed by atoms with Gasteiger partial charge in [-0.1, -0.05) is 66.2 Å². The van der Waals surface area contributed by atoms with Crippen LogP contribution in [-0.2, 0) is 11.3 Å². The number of urea groups is 1. The number of hydrogen-bond acceptors (Lipinski definition) is 2. The average molecular weight is 418 g/mol. The Kier molecular flexibility index (Phi) is 7.21. The minimum atomic E-state index is -0.605. The van der Waals surface area contributed by atoms with Crippen LogP contribution in [0.1, 0.15) is 19.4 Å². The van der Waals surface area contributed by atoms with Crippen LogP contribution >= 0.6 is 15.9 Å². The maximum atomic E-state index is 12.9. The van der Waals surface area contributed by atoms with Crippen LogP contribution in [0.3, 0.4) is 0 Å². The van der Waals surface area contributed by atoms with E-state index in [-0.39, 0.29) is 11.8 Å². The third-order valence-corrected chi connectivity index (χ3v) is 4.77. The number of para-hydroxylation sites is 1. The fourth-order valence-electron chi connectivity index (χ4n) is 2.54. The molecule has 6 heteroatoms. The zero-order chi connectivity index (χ0) is 19.1. The summed E-state index contributed by atoms with van der Waals surface area (Å²) in [5.74, 6) is -0.162. The molecule has 0 saturated heterocycles. The van der Waals surface area contributed by atoms with Crippen molar-refractivity contribution in [2.75, 3.05) is 12.4 Å². The first kappa shape index (κ1) is 20.0. The van der Waals surface area contributed by atoms with Gasteiger partial charge in [0.25, 0.3) is 0 Å². The van der Waals surface area contributed by atoms with Crippen molar-refractivity contribution in [1.29, 1.82) is 0 Å². The SMILES string of the molecule is CC(C)C(NC(=O)Nc1ccccc1)C(=O)N(C)Cc1ccccc1Br. The fourth-order valence-corrected chi connectivity index (χ4v) is 2.95. The van der Waals surface area contributed by atoms with Crippen molar-refractivity contribution in [3.05, 3.63) is 64.6 Å². The highest BCUT2D eigenvalue weighted by atomic mass is 79.9. The Bertz CT molecular complexity index is 750. The van der Waals surface area contributed by atoms with Gasteiger partial charge in [-0.15, -0.1) is 0 Å². The van der Waals surface area contributed by atoms with Crippen LogP contribution in [-0.4, -0.2) is 29.9 Å². The second kappa shape index (κ2) is 9.38. The van der Waals surface area contributed by atoms with Gasteiger partial charge in [0.15, 0.2) is 0 Å². The Morgan fingerprint density at radius 3 is 2.27 bits per heavy atom. The molecule has 0 aromatic heterocycles. The van der Waals surface area contributed by atoms with Crippen LogP contribution in [0.5, 0.6) is 0 Å². The second-order valence-electron chi connectivity index (χ2n) is 6.47. The Labute approximate surface area is 162 Å². The zero-order valence-electron chi connectivity index (χ0n) is 15.2. The summed E-state index contributed by atoms with van der Waals surface area (Å²) in [6.45, 7) is 4.29. The number of carbonyl (C=O) groups excluding carboxylic acids is 2. The average Bonchev–Trinajstić information content (AvgIpc) is 2.61. The summed E-state index contributed by atoms with van der Waals surface area (Å²) in [7, 11) is 1.74. The highest BCUT2D eigenvalue weighted by Gasteiger charge is 2.27. The molecule has 5 nitrogen and oxygen atoms in total. The molecule has 2 N–H and O–H groups in total. The van der Waals surface area contributed by atoms with Gasteiger partial charge >= 0.3 is 6.03 Å². The van der Waals surface area contributed by atoms with Crippen molar-refractivity contribution in [3.8, 4) is 0 Å². The molecule has 1 unspecified atom stereocenters. The highest BCUT2D eigenvalue weighted by molar-refractivity contribution is 9.10. The Morgan fingerprint density at radius 2 is 1.65 bits per heavy atom. The van der Waals surface area contributed by atoms with Crippen LogP contribution in [0.25, 0.3) is 0 Å². The van der Waals surface area contributed by atoms with Crippen LogP contribution in [0.15, 0.2) is 59.1 Å². The number of rotatable bonds is 6. The summed E-state index contributed by atoms with van der Waals surface area (Å²) in [4.78, 5) is 26.8. The van der Waals surface area contributed by atoms with E-state index in [1.165, 1.54) is 0 Å². The predicted octanol–water partition coefficient (Wildman–Crippen LogP) is 4.25. The molecule has 138 valence electrons. The lowest BCUT2D eigenvalue weighted by molar-refractivity contribution is -0.133. The lowest BCUT2D eigenvalue weighted by Gasteiger charge is -2.27. The number of halogens is 1. The number of hydrogen-bond donors (Lipinski definition) is 2. The van der Waals surface area contributed by atoms with Crippen molar-refractivity contribution in [2.45, 2.75) is 26.4 Å². The summed E-state index contributed by atoms with van der Waals surface area (Å²) in [5.41, 5.74) is 1.70. The molecule has 0 radical (unpaired) electrons. The molecule has 0 aliphatic carbocycles. The van der Waals surface area contributed by atoms with Gasteiger partial charge in [0.2, 0.25) is 5.91 Å². The maximum Gasteiger partial charge on any atom is 0.319 e. The van der Waals surface area contributed by atoms with E-state index in [9.17, 15) is 9.59 Å². The summed E-state index contributed by atoms with van der Waals surface area (Å²) in [6.07, 6.45) is 0. The molecule has 1 atom stereocenters. The van der Waals surface area contributed by atoms with Crippen molar-refractivity contribution in [2.24, 2.45) is 5.92 Å².